The first kappa shape index (κ1) is 13.8. The van der Waals surface area contributed by atoms with E-state index in [1.54, 1.807) is 0 Å². The highest BCUT2D eigenvalue weighted by Crippen LogP contribution is 2.24. The van der Waals surface area contributed by atoms with E-state index in [2.05, 4.69) is 9.80 Å². The average molecular weight is 289 g/mol. The van der Waals surface area contributed by atoms with Crippen molar-refractivity contribution in [3.63, 3.8) is 0 Å². The molecule has 3 aliphatic heterocycles. The number of rotatable bonds is 2. The van der Waals surface area contributed by atoms with Crippen LogP contribution < -0.4 is 5.73 Å². The van der Waals surface area contributed by atoms with Crippen molar-refractivity contribution in [3.05, 3.63) is 0 Å². The van der Waals surface area contributed by atoms with Gasteiger partial charge in [-0.25, -0.2) is 8.42 Å². The Morgan fingerprint density at radius 2 is 1.79 bits per heavy atom. The van der Waals surface area contributed by atoms with Crippen molar-refractivity contribution in [1.29, 1.82) is 0 Å². The number of morpholine rings is 1. The minimum atomic E-state index is -2.92. The van der Waals surface area contributed by atoms with Crippen LogP contribution in [0.25, 0.3) is 0 Å². The number of hydrogen-bond donors (Lipinski definition) is 1. The molecule has 0 aliphatic carbocycles. The summed E-state index contributed by atoms with van der Waals surface area (Å²) in [5.74, 6) is 0.389. The fraction of sp³-hybridized carbons (Fsp3) is 1.00. The predicted octanol–water partition coefficient (Wildman–Crippen LogP) is -1.48. The molecule has 6 nitrogen and oxygen atoms in total. The maximum absolute atomic E-state index is 11.7. The van der Waals surface area contributed by atoms with Gasteiger partial charge in [-0.05, 0) is 6.42 Å². The minimum Gasteiger partial charge on any atom is -0.379 e. The van der Waals surface area contributed by atoms with Gasteiger partial charge >= 0.3 is 0 Å². The van der Waals surface area contributed by atoms with E-state index >= 15 is 0 Å². The molecule has 2 N–H and O–H groups in total. The van der Waals surface area contributed by atoms with E-state index in [-0.39, 0.29) is 23.6 Å². The third kappa shape index (κ3) is 2.95. The van der Waals surface area contributed by atoms with Crippen molar-refractivity contribution in [2.75, 3.05) is 50.9 Å². The Morgan fingerprint density at radius 1 is 1.05 bits per heavy atom. The maximum atomic E-state index is 11.7. The van der Waals surface area contributed by atoms with Gasteiger partial charge in [0.2, 0.25) is 0 Å². The molecule has 0 radical (unpaired) electrons. The van der Waals surface area contributed by atoms with E-state index in [1.807, 2.05) is 0 Å². The summed E-state index contributed by atoms with van der Waals surface area (Å²) < 4.78 is 28.7. The van der Waals surface area contributed by atoms with Gasteiger partial charge in [-0.15, -0.1) is 0 Å². The lowest BCUT2D eigenvalue weighted by atomic mass is 10.1. The van der Waals surface area contributed by atoms with Gasteiger partial charge in [-0.1, -0.05) is 0 Å². The topological polar surface area (TPSA) is 75.9 Å². The normalized spacial score (nSPS) is 40.8. The molecule has 3 rings (SSSR count). The van der Waals surface area contributed by atoms with Crippen LogP contribution in [0.5, 0.6) is 0 Å². The highest BCUT2D eigenvalue weighted by Gasteiger charge is 2.42. The molecule has 0 spiro atoms. The smallest absolute Gasteiger partial charge is 0.153 e. The summed E-state index contributed by atoms with van der Waals surface area (Å²) in [7, 11) is -2.92. The molecule has 19 heavy (non-hydrogen) atoms. The number of sulfone groups is 1. The van der Waals surface area contributed by atoms with E-state index in [1.165, 1.54) is 0 Å². The molecule has 3 heterocycles. The Bertz CT molecular complexity index is 422. The number of nitrogens with two attached hydrogens (primary N) is 1. The first-order chi connectivity index (χ1) is 9.05. The van der Waals surface area contributed by atoms with Crippen molar-refractivity contribution in [2.45, 2.75) is 24.5 Å². The second-order valence-corrected chi connectivity index (χ2v) is 8.05. The molecule has 3 aliphatic rings. The lowest BCUT2D eigenvalue weighted by Gasteiger charge is -2.33. The van der Waals surface area contributed by atoms with Crippen LogP contribution in [-0.2, 0) is 14.6 Å². The second kappa shape index (κ2) is 5.29. The van der Waals surface area contributed by atoms with Crippen molar-refractivity contribution < 1.29 is 13.2 Å². The monoisotopic (exact) mass is 289 g/mol. The molecular formula is C12H23N3O3S. The third-order valence-electron chi connectivity index (χ3n) is 4.59. The molecule has 3 atom stereocenters. The van der Waals surface area contributed by atoms with Crippen LogP contribution in [0.3, 0.4) is 0 Å². The summed E-state index contributed by atoms with van der Waals surface area (Å²) in [6, 6.07) is 0.351. The molecule has 0 bridgehead atoms. The Morgan fingerprint density at radius 3 is 2.42 bits per heavy atom. The third-order valence-corrected chi connectivity index (χ3v) is 6.33. The van der Waals surface area contributed by atoms with E-state index < -0.39 is 9.84 Å². The summed E-state index contributed by atoms with van der Waals surface area (Å²) in [6.45, 7) is 5.53. The van der Waals surface area contributed by atoms with Crippen LogP contribution in [0.2, 0.25) is 0 Å². The molecule has 3 unspecified atom stereocenters. The van der Waals surface area contributed by atoms with Crippen LogP contribution in [0.15, 0.2) is 0 Å². The Labute approximate surface area is 114 Å². The Kier molecular flexibility index (Phi) is 3.83. The summed E-state index contributed by atoms with van der Waals surface area (Å²) in [5.41, 5.74) is 6.00. The average Bonchev–Trinajstić information content (AvgIpc) is 2.95. The number of nitrogens with zero attached hydrogens (tertiary/aromatic N) is 2. The molecule has 7 heteroatoms. The highest BCUT2D eigenvalue weighted by atomic mass is 32.2. The molecular weight excluding hydrogens is 266 g/mol. The second-order valence-electron chi connectivity index (χ2n) is 5.89. The number of ether oxygens (including phenoxy) is 1. The molecule has 0 aromatic carbocycles. The first-order valence-electron chi connectivity index (χ1n) is 7.07. The van der Waals surface area contributed by atoms with E-state index in [4.69, 9.17) is 10.5 Å². The van der Waals surface area contributed by atoms with Gasteiger partial charge in [-0.3, -0.25) is 9.80 Å². The molecule has 0 aromatic heterocycles. The fourth-order valence-corrected chi connectivity index (χ4v) is 5.47. The standard InChI is InChI=1S/C12H23N3O3S/c13-11-8-19(16,17)9-12(11)15-2-1-10(7-15)14-3-5-18-6-4-14/h10-12H,1-9,13H2. The number of likely N-dealkylation sites (tertiary alicyclic amines) is 1. The van der Waals surface area contributed by atoms with Gasteiger partial charge in [0.1, 0.15) is 0 Å². The lowest BCUT2D eigenvalue weighted by molar-refractivity contribution is 0.0177. The van der Waals surface area contributed by atoms with Crippen LogP contribution in [0, 0.1) is 0 Å². The van der Waals surface area contributed by atoms with Gasteiger partial charge in [-0.2, -0.15) is 0 Å². The number of hydrogen-bond acceptors (Lipinski definition) is 6. The van der Waals surface area contributed by atoms with Crippen LogP contribution in [0.4, 0.5) is 0 Å². The van der Waals surface area contributed by atoms with Crippen LogP contribution in [0.1, 0.15) is 6.42 Å². The molecule has 3 fully saturated rings. The molecule has 0 aromatic rings. The van der Waals surface area contributed by atoms with Crippen molar-refractivity contribution in [2.24, 2.45) is 5.73 Å². The van der Waals surface area contributed by atoms with Gasteiger partial charge in [0.05, 0.1) is 24.7 Å². The lowest BCUT2D eigenvalue weighted by Crippen LogP contribution is -2.49. The maximum Gasteiger partial charge on any atom is 0.153 e. The van der Waals surface area contributed by atoms with Crippen molar-refractivity contribution in [3.8, 4) is 0 Å². The Balaban J connectivity index is 1.59. The van der Waals surface area contributed by atoms with E-state index in [0.717, 1.165) is 45.8 Å². The predicted molar refractivity (Wildman–Crippen MR) is 72.8 cm³/mol. The van der Waals surface area contributed by atoms with Crippen molar-refractivity contribution >= 4 is 9.84 Å². The fourth-order valence-electron chi connectivity index (χ4n) is 3.54. The largest absolute Gasteiger partial charge is 0.379 e. The van der Waals surface area contributed by atoms with Gasteiger partial charge in [0, 0.05) is 44.3 Å². The molecule has 110 valence electrons. The van der Waals surface area contributed by atoms with Crippen LogP contribution >= 0.6 is 0 Å². The summed E-state index contributed by atoms with van der Waals surface area (Å²) >= 11 is 0. The quantitative estimate of drug-likeness (QED) is 0.668. The van der Waals surface area contributed by atoms with Gasteiger partial charge in [0.25, 0.3) is 0 Å². The summed E-state index contributed by atoms with van der Waals surface area (Å²) in [5, 5.41) is 0. The first-order valence-corrected chi connectivity index (χ1v) is 8.89. The summed E-state index contributed by atoms with van der Waals surface area (Å²) in [6.07, 6.45) is 1.11. The Hall–Kier alpha value is -0.210. The van der Waals surface area contributed by atoms with Crippen LogP contribution in [-0.4, -0.2) is 87.2 Å². The summed E-state index contributed by atoms with van der Waals surface area (Å²) in [4.78, 5) is 4.76. The molecule has 3 saturated heterocycles. The van der Waals surface area contributed by atoms with Gasteiger partial charge < -0.3 is 10.5 Å². The zero-order valence-electron chi connectivity index (χ0n) is 11.2. The molecule has 0 amide bonds. The SMILES string of the molecule is NC1CS(=O)(=O)CC1N1CCC(N2CCOCC2)C1. The highest BCUT2D eigenvalue weighted by molar-refractivity contribution is 7.91. The zero-order valence-corrected chi connectivity index (χ0v) is 12.0. The van der Waals surface area contributed by atoms with E-state index in [9.17, 15) is 8.42 Å². The van der Waals surface area contributed by atoms with E-state index in [0.29, 0.717) is 6.04 Å². The zero-order chi connectivity index (χ0) is 13.5. The van der Waals surface area contributed by atoms with Crippen molar-refractivity contribution in [1.82, 2.24) is 9.80 Å². The minimum absolute atomic E-state index is 0.0241. The molecule has 0 saturated carbocycles. The van der Waals surface area contributed by atoms with Gasteiger partial charge in [0.15, 0.2) is 9.84 Å².